The van der Waals surface area contributed by atoms with Crippen LogP contribution in [0.4, 0.5) is 0 Å². The van der Waals surface area contributed by atoms with E-state index < -0.39 is 0 Å². The number of amides is 1. The molecule has 0 aromatic carbocycles. The summed E-state index contributed by atoms with van der Waals surface area (Å²) in [4.78, 5) is 33.5. The Balaban J connectivity index is 2.64. The van der Waals surface area contributed by atoms with Crippen molar-refractivity contribution in [3.8, 4) is 0 Å². The lowest BCUT2D eigenvalue weighted by Gasteiger charge is -2.20. The van der Waals surface area contributed by atoms with Crippen LogP contribution in [0.1, 0.15) is 30.1 Å². The van der Waals surface area contributed by atoms with E-state index in [2.05, 4.69) is 24.1 Å². The van der Waals surface area contributed by atoms with Gasteiger partial charge in [0.2, 0.25) is 5.91 Å². The van der Waals surface area contributed by atoms with Crippen molar-refractivity contribution in [1.82, 2.24) is 19.8 Å². The zero-order chi connectivity index (χ0) is 17.1. The Labute approximate surface area is 140 Å². The molecule has 7 heteroatoms. The van der Waals surface area contributed by atoms with Crippen molar-refractivity contribution in [3.63, 3.8) is 0 Å². The van der Waals surface area contributed by atoms with Crippen molar-refractivity contribution in [2.24, 2.45) is 0 Å². The lowest BCUT2D eigenvalue weighted by Crippen LogP contribution is -2.35. The van der Waals surface area contributed by atoms with Crippen LogP contribution >= 0.6 is 11.3 Å². The van der Waals surface area contributed by atoms with Crippen LogP contribution < -0.4 is 10.9 Å². The fraction of sp³-hybridized carbons (Fsp3) is 0.562. The van der Waals surface area contributed by atoms with Crippen molar-refractivity contribution >= 4 is 27.5 Å². The smallest absolute Gasteiger partial charge is 0.263 e. The SMILES string of the molecule is CCN(CC)Cc1nc2sc(C)c(C)c2c(=O)n1CC(=O)NC. The maximum atomic E-state index is 12.9. The summed E-state index contributed by atoms with van der Waals surface area (Å²) >= 11 is 1.54. The monoisotopic (exact) mass is 336 g/mol. The first-order valence-corrected chi connectivity index (χ1v) is 8.66. The molecule has 0 saturated heterocycles. The van der Waals surface area contributed by atoms with Crippen LogP contribution in [0.25, 0.3) is 10.2 Å². The van der Waals surface area contributed by atoms with E-state index in [9.17, 15) is 9.59 Å². The van der Waals surface area contributed by atoms with E-state index in [1.54, 1.807) is 7.05 Å². The molecular weight excluding hydrogens is 312 g/mol. The quantitative estimate of drug-likeness (QED) is 0.871. The lowest BCUT2D eigenvalue weighted by atomic mass is 10.2. The average Bonchev–Trinajstić information content (AvgIpc) is 2.82. The highest BCUT2D eigenvalue weighted by Gasteiger charge is 2.18. The molecule has 1 amide bonds. The maximum Gasteiger partial charge on any atom is 0.263 e. The summed E-state index contributed by atoms with van der Waals surface area (Å²) in [6.07, 6.45) is 0. The van der Waals surface area contributed by atoms with Crippen LogP contribution in [-0.2, 0) is 17.9 Å². The minimum atomic E-state index is -0.196. The minimum absolute atomic E-state index is 0.00318. The van der Waals surface area contributed by atoms with Crippen LogP contribution in [0.3, 0.4) is 0 Å². The summed E-state index contributed by atoms with van der Waals surface area (Å²) in [5, 5.41) is 3.22. The van der Waals surface area contributed by atoms with Gasteiger partial charge in [-0.15, -0.1) is 11.3 Å². The third-order valence-corrected chi connectivity index (χ3v) is 5.31. The molecule has 0 aliphatic heterocycles. The summed E-state index contributed by atoms with van der Waals surface area (Å²) < 4.78 is 1.51. The fourth-order valence-electron chi connectivity index (χ4n) is 2.52. The molecule has 1 N–H and O–H groups in total. The molecule has 2 aromatic rings. The van der Waals surface area contributed by atoms with Gasteiger partial charge in [0.05, 0.1) is 11.9 Å². The first-order valence-electron chi connectivity index (χ1n) is 7.85. The van der Waals surface area contributed by atoms with Gasteiger partial charge in [-0.3, -0.25) is 19.1 Å². The number of rotatable bonds is 6. The number of hydrogen-bond acceptors (Lipinski definition) is 5. The Hall–Kier alpha value is -1.73. The van der Waals surface area contributed by atoms with E-state index in [1.165, 1.54) is 15.9 Å². The predicted molar refractivity (Wildman–Crippen MR) is 94.0 cm³/mol. The molecule has 0 aliphatic rings. The van der Waals surface area contributed by atoms with Gasteiger partial charge in [0.15, 0.2) is 0 Å². The van der Waals surface area contributed by atoms with Crippen LogP contribution in [0.15, 0.2) is 4.79 Å². The van der Waals surface area contributed by atoms with Gasteiger partial charge in [0.25, 0.3) is 5.56 Å². The highest BCUT2D eigenvalue weighted by molar-refractivity contribution is 7.18. The number of fused-ring (bicyclic) bond motifs is 1. The van der Waals surface area contributed by atoms with Gasteiger partial charge in [0.1, 0.15) is 17.2 Å². The molecule has 126 valence electrons. The number of hydrogen-bond donors (Lipinski definition) is 1. The van der Waals surface area contributed by atoms with Crippen LogP contribution in [0.2, 0.25) is 0 Å². The molecule has 0 unspecified atom stereocenters. The summed E-state index contributed by atoms with van der Waals surface area (Å²) in [7, 11) is 1.57. The second-order valence-corrected chi connectivity index (χ2v) is 6.72. The first-order chi connectivity index (χ1) is 10.9. The molecule has 0 saturated carbocycles. The third-order valence-electron chi connectivity index (χ3n) is 4.21. The Morgan fingerprint density at radius 1 is 1.30 bits per heavy atom. The van der Waals surface area contributed by atoms with Crippen molar-refractivity contribution in [1.29, 1.82) is 0 Å². The van der Waals surface area contributed by atoms with E-state index in [0.717, 1.165) is 28.4 Å². The number of aryl methyl sites for hydroxylation is 2. The second kappa shape index (κ2) is 7.23. The summed E-state index contributed by atoms with van der Waals surface area (Å²) in [5.74, 6) is 0.453. The largest absolute Gasteiger partial charge is 0.358 e. The Morgan fingerprint density at radius 2 is 1.96 bits per heavy atom. The molecule has 0 atom stereocenters. The molecule has 2 heterocycles. The van der Waals surface area contributed by atoms with E-state index in [-0.39, 0.29) is 18.0 Å². The lowest BCUT2D eigenvalue weighted by molar-refractivity contribution is -0.121. The van der Waals surface area contributed by atoms with Gasteiger partial charge in [-0.05, 0) is 32.5 Å². The standard InChI is InChI=1S/C16H24N4O2S/c1-6-19(7-2)8-12-18-15-14(10(3)11(4)23-15)16(22)20(12)9-13(21)17-5/h6-9H2,1-5H3,(H,17,21). The maximum absolute atomic E-state index is 12.9. The number of likely N-dealkylation sites (N-methyl/N-ethyl adjacent to an activating group) is 1. The van der Waals surface area contributed by atoms with Gasteiger partial charge in [-0.25, -0.2) is 4.98 Å². The Morgan fingerprint density at radius 3 is 2.52 bits per heavy atom. The van der Waals surface area contributed by atoms with E-state index in [1.807, 2.05) is 13.8 Å². The highest BCUT2D eigenvalue weighted by atomic mass is 32.1. The van der Waals surface area contributed by atoms with Gasteiger partial charge in [0, 0.05) is 11.9 Å². The molecule has 2 rings (SSSR count). The Kier molecular flexibility index (Phi) is 5.54. The minimum Gasteiger partial charge on any atom is -0.358 e. The zero-order valence-corrected chi connectivity index (χ0v) is 15.2. The fourth-order valence-corrected chi connectivity index (χ4v) is 3.56. The molecule has 2 aromatic heterocycles. The van der Waals surface area contributed by atoms with Crippen molar-refractivity contribution < 1.29 is 4.79 Å². The summed E-state index contributed by atoms with van der Waals surface area (Å²) in [6, 6.07) is 0. The van der Waals surface area contributed by atoms with E-state index in [4.69, 9.17) is 4.98 Å². The average molecular weight is 336 g/mol. The van der Waals surface area contributed by atoms with E-state index in [0.29, 0.717) is 17.8 Å². The number of thiophene rings is 1. The van der Waals surface area contributed by atoms with Crippen molar-refractivity contribution in [2.75, 3.05) is 20.1 Å². The van der Waals surface area contributed by atoms with Crippen molar-refractivity contribution in [3.05, 3.63) is 26.6 Å². The molecule has 6 nitrogen and oxygen atoms in total. The van der Waals surface area contributed by atoms with Gasteiger partial charge in [-0.1, -0.05) is 13.8 Å². The molecule has 0 fully saturated rings. The van der Waals surface area contributed by atoms with Crippen LogP contribution in [0, 0.1) is 13.8 Å². The number of aromatic nitrogens is 2. The van der Waals surface area contributed by atoms with Crippen LogP contribution in [0.5, 0.6) is 0 Å². The van der Waals surface area contributed by atoms with Gasteiger partial charge >= 0.3 is 0 Å². The molecule has 0 aliphatic carbocycles. The first kappa shape index (κ1) is 17.6. The number of nitrogens with zero attached hydrogens (tertiary/aromatic N) is 3. The predicted octanol–water partition coefficient (Wildman–Crippen LogP) is 1.66. The Bertz CT molecular complexity index is 774. The molecule has 0 bridgehead atoms. The molecule has 23 heavy (non-hydrogen) atoms. The molecule has 0 radical (unpaired) electrons. The van der Waals surface area contributed by atoms with Gasteiger partial charge < -0.3 is 5.32 Å². The molecule has 0 spiro atoms. The van der Waals surface area contributed by atoms with Crippen LogP contribution in [-0.4, -0.2) is 40.5 Å². The zero-order valence-electron chi connectivity index (χ0n) is 14.4. The van der Waals surface area contributed by atoms with Gasteiger partial charge in [-0.2, -0.15) is 0 Å². The second-order valence-electron chi connectivity index (χ2n) is 5.52. The summed E-state index contributed by atoms with van der Waals surface area (Å²) in [5.41, 5.74) is 0.838. The normalized spacial score (nSPS) is 11.4. The number of carbonyl (C=O) groups excluding carboxylic acids is 1. The number of nitrogens with one attached hydrogen (secondary N) is 1. The van der Waals surface area contributed by atoms with E-state index >= 15 is 0 Å². The highest BCUT2D eigenvalue weighted by Crippen LogP contribution is 2.26. The summed E-state index contributed by atoms with van der Waals surface area (Å²) in [6.45, 7) is 10.4. The van der Waals surface area contributed by atoms with Crippen molar-refractivity contribution in [2.45, 2.75) is 40.8 Å². The molecular formula is C16H24N4O2S. The number of carbonyl (C=O) groups is 1. The third kappa shape index (κ3) is 3.45. The topological polar surface area (TPSA) is 67.2 Å².